The number of rotatable bonds is 7. The van der Waals surface area contributed by atoms with Crippen LogP contribution >= 0.6 is 0 Å². The Balaban J connectivity index is 2.16. The molecule has 92 valence electrons. The fourth-order valence-electron chi connectivity index (χ4n) is 2.40. The zero-order chi connectivity index (χ0) is 11.8. The van der Waals surface area contributed by atoms with Gasteiger partial charge in [0.25, 0.3) is 0 Å². The first kappa shape index (κ1) is 13.4. The van der Waals surface area contributed by atoms with Crippen LogP contribution in [0, 0.1) is 5.92 Å². The summed E-state index contributed by atoms with van der Waals surface area (Å²) in [6.07, 6.45) is 9.94. The number of hydrogen-bond acceptors (Lipinski definition) is 2. The molecule has 0 aromatic carbocycles. The molecule has 0 amide bonds. The Morgan fingerprint density at radius 3 is 2.62 bits per heavy atom. The van der Waals surface area contributed by atoms with E-state index in [9.17, 15) is 9.59 Å². The van der Waals surface area contributed by atoms with Crippen LogP contribution in [0.4, 0.5) is 0 Å². The highest BCUT2D eigenvalue weighted by molar-refractivity contribution is 6.02. The minimum Gasteiger partial charge on any atom is -0.299 e. The molecule has 1 aliphatic rings. The van der Waals surface area contributed by atoms with Gasteiger partial charge in [0.2, 0.25) is 0 Å². The predicted octanol–water partition coefficient (Wildman–Crippen LogP) is 3.68. The van der Waals surface area contributed by atoms with Crippen LogP contribution in [0.25, 0.3) is 0 Å². The summed E-state index contributed by atoms with van der Waals surface area (Å²) in [7, 11) is 0. The van der Waals surface area contributed by atoms with Crippen molar-refractivity contribution in [1.29, 1.82) is 0 Å². The second kappa shape index (κ2) is 7.59. The van der Waals surface area contributed by atoms with Crippen molar-refractivity contribution in [3.63, 3.8) is 0 Å². The summed E-state index contributed by atoms with van der Waals surface area (Å²) in [6.45, 7) is 2.19. The molecule has 0 spiro atoms. The van der Waals surface area contributed by atoms with Crippen LogP contribution in [-0.4, -0.2) is 11.6 Å². The molecular formula is C14H24O2. The smallest absolute Gasteiger partial charge is 0.143 e. The molecule has 1 rings (SSSR count). The zero-order valence-electron chi connectivity index (χ0n) is 10.5. The Hall–Kier alpha value is -0.660. The molecule has 2 nitrogen and oxygen atoms in total. The maximum Gasteiger partial charge on any atom is 0.143 e. The third-order valence-corrected chi connectivity index (χ3v) is 3.47. The molecule has 1 atom stereocenters. The second-order valence-electron chi connectivity index (χ2n) is 4.90. The molecule has 0 radical (unpaired) electrons. The van der Waals surface area contributed by atoms with Gasteiger partial charge in [-0.3, -0.25) is 9.59 Å². The Morgan fingerprint density at radius 1 is 1.19 bits per heavy atom. The molecule has 0 aromatic heterocycles. The van der Waals surface area contributed by atoms with Gasteiger partial charge in [-0.1, -0.05) is 39.0 Å². The number of carbonyl (C=O) groups is 2. The normalized spacial score (nSPS) is 21.1. The van der Waals surface area contributed by atoms with Gasteiger partial charge in [-0.15, -0.1) is 0 Å². The summed E-state index contributed by atoms with van der Waals surface area (Å²) in [5.41, 5.74) is 0. The molecule has 0 saturated heterocycles. The molecule has 1 aliphatic carbocycles. The molecular weight excluding hydrogens is 200 g/mol. The van der Waals surface area contributed by atoms with Gasteiger partial charge < -0.3 is 0 Å². The van der Waals surface area contributed by atoms with Gasteiger partial charge in [0.05, 0.1) is 5.92 Å². The van der Waals surface area contributed by atoms with E-state index in [1.165, 1.54) is 19.3 Å². The first-order chi connectivity index (χ1) is 7.75. The van der Waals surface area contributed by atoms with Crippen molar-refractivity contribution in [3.8, 4) is 0 Å². The highest BCUT2D eigenvalue weighted by Crippen LogP contribution is 2.23. The van der Waals surface area contributed by atoms with Crippen LogP contribution in [0.5, 0.6) is 0 Å². The van der Waals surface area contributed by atoms with Crippen molar-refractivity contribution < 1.29 is 9.59 Å². The van der Waals surface area contributed by atoms with E-state index in [0.717, 1.165) is 32.1 Å². The Morgan fingerprint density at radius 2 is 1.94 bits per heavy atom. The zero-order valence-corrected chi connectivity index (χ0v) is 10.5. The van der Waals surface area contributed by atoms with Gasteiger partial charge in [-0.25, -0.2) is 0 Å². The minimum atomic E-state index is -0.236. The van der Waals surface area contributed by atoms with Crippen LogP contribution in [0.1, 0.15) is 71.1 Å². The monoisotopic (exact) mass is 224 g/mol. The first-order valence-corrected chi connectivity index (χ1v) is 6.81. The fraction of sp³-hybridized carbons (Fsp3) is 0.857. The third-order valence-electron chi connectivity index (χ3n) is 3.47. The highest BCUT2D eigenvalue weighted by atomic mass is 16.1. The molecule has 0 aromatic rings. The number of Topliss-reactive ketones (excluding diaryl/α,β-unsaturated/α-hetero) is 2. The van der Waals surface area contributed by atoms with Crippen LogP contribution in [-0.2, 0) is 9.59 Å². The highest BCUT2D eigenvalue weighted by Gasteiger charge is 2.27. The van der Waals surface area contributed by atoms with Crippen molar-refractivity contribution >= 4 is 11.6 Å². The van der Waals surface area contributed by atoms with Crippen molar-refractivity contribution in [2.24, 2.45) is 5.92 Å². The molecule has 0 heterocycles. The lowest BCUT2D eigenvalue weighted by molar-refractivity contribution is -0.134. The topological polar surface area (TPSA) is 34.1 Å². The van der Waals surface area contributed by atoms with Gasteiger partial charge >= 0.3 is 0 Å². The molecule has 16 heavy (non-hydrogen) atoms. The summed E-state index contributed by atoms with van der Waals surface area (Å²) in [4.78, 5) is 23.4. The largest absolute Gasteiger partial charge is 0.299 e. The maximum atomic E-state index is 11.8. The molecule has 0 N–H and O–H groups in total. The molecule has 2 heteroatoms. The van der Waals surface area contributed by atoms with Crippen LogP contribution in [0.15, 0.2) is 0 Å². The Kier molecular flexibility index (Phi) is 6.36. The minimum absolute atomic E-state index is 0.199. The fourth-order valence-corrected chi connectivity index (χ4v) is 2.40. The van der Waals surface area contributed by atoms with E-state index >= 15 is 0 Å². The second-order valence-corrected chi connectivity index (χ2v) is 4.90. The maximum absolute atomic E-state index is 11.8. The molecule has 1 fully saturated rings. The van der Waals surface area contributed by atoms with Crippen molar-refractivity contribution in [2.45, 2.75) is 71.1 Å². The molecule has 0 bridgehead atoms. The van der Waals surface area contributed by atoms with E-state index in [2.05, 4.69) is 6.92 Å². The first-order valence-electron chi connectivity index (χ1n) is 6.81. The Bertz CT molecular complexity index is 233. The van der Waals surface area contributed by atoms with Gasteiger partial charge in [0, 0.05) is 12.8 Å². The van der Waals surface area contributed by atoms with Crippen molar-refractivity contribution in [2.75, 3.05) is 0 Å². The number of unbranched alkanes of at least 4 members (excludes halogenated alkanes) is 4. The average Bonchev–Trinajstić information content (AvgIpc) is 2.29. The number of ketones is 2. The van der Waals surface area contributed by atoms with Crippen LogP contribution < -0.4 is 0 Å². The molecule has 0 aliphatic heterocycles. The summed E-state index contributed by atoms with van der Waals surface area (Å²) in [5.74, 6) is 0.172. The standard InChI is InChI=1S/C14H24O2/c1-2-3-4-5-6-10-13(15)12-9-7-8-11-14(12)16/h12H,2-11H2,1H3. The predicted molar refractivity (Wildman–Crippen MR) is 65.3 cm³/mol. The summed E-state index contributed by atoms with van der Waals surface area (Å²) < 4.78 is 0. The van der Waals surface area contributed by atoms with E-state index in [4.69, 9.17) is 0 Å². The Labute approximate surface area is 98.8 Å². The van der Waals surface area contributed by atoms with E-state index < -0.39 is 0 Å². The average molecular weight is 224 g/mol. The van der Waals surface area contributed by atoms with Crippen molar-refractivity contribution in [1.82, 2.24) is 0 Å². The van der Waals surface area contributed by atoms with Crippen LogP contribution in [0.2, 0.25) is 0 Å². The SMILES string of the molecule is CCCCCCCC(=O)C1CCCCC1=O. The third kappa shape index (κ3) is 4.46. The lowest BCUT2D eigenvalue weighted by atomic mass is 9.83. The van der Waals surface area contributed by atoms with Gasteiger partial charge in [-0.2, -0.15) is 0 Å². The van der Waals surface area contributed by atoms with Crippen LogP contribution in [0.3, 0.4) is 0 Å². The molecule has 1 saturated carbocycles. The van der Waals surface area contributed by atoms with E-state index in [-0.39, 0.29) is 17.5 Å². The van der Waals surface area contributed by atoms with Crippen molar-refractivity contribution in [3.05, 3.63) is 0 Å². The van der Waals surface area contributed by atoms with E-state index in [0.29, 0.717) is 12.8 Å². The quantitative estimate of drug-likeness (QED) is 0.488. The van der Waals surface area contributed by atoms with Gasteiger partial charge in [-0.05, 0) is 19.3 Å². The summed E-state index contributed by atoms with van der Waals surface area (Å²) in [6, 6.07) is 0. The van der Waals surface area contributed by atoms with E-state index in [1.54, 1.807) is 0 Å². The summed E-state index contributed by atoms with van der Waals surface area (Å²) >= 11 is 0. The van der Waals surface area contributed by atoms with Gasteiger partial charge in [0.1, 0.15) is 11.6 Å². The van der Waals surface area contributed by atoms with E-state index in [1.807, 2.05) is 0 Å². The molecule has 1 unspecified atom stereocenters. The summed E-state index contributed by atoms with van der Waals surface area (Å²) in [5, 5.41) is 0. The number of hydrogen-bond donors (Lipinski definition) is 0. The number of carbonyl (C=O) groups excluding carboxylic acids is 2. The van der Waals surface area contributed by atoms with Gasteiger partial charge in [0.15, 0.2) is 0 Å². The lowest BCUT2D eigenvalue weighted by Gasteiger charge is -2.18. The lowest BCUT2D eigenvalue weighted by Crippen LogP contribution is -2.27.